The van der Waals surface area contributed by atoms with E-state index in [9.17, 15) is 65.8 Å². The van der Waals surface area contributed by atoms with Gasteiger partial charge in [-0.2, -0.15) is 0 Å². The third-order valence-corrected chi connectivity index (χ3v) is 19.3. The lowest BCUT2D eigenvalue weighted by Gasteiger charge is -2.71. The van der Waals surface area contributed by atoms with Crippen LogP contribution in [0.25, 0.3) is 0 Å². The number of allylic oxidation sites excluding steroid dienone is 2. The number of ether oxygens (including phenoxy) is 6. The normalized spacial score (nSPS) is 52.6. The summed E-state index contributed by atoms with van der Waals surface area (Å²) in [5.41, 5.74) is -0.914. The molecular weight excluding hydrogens is 881 g/mol. The summed E-state index contributed by atoms with van der Waals surface area (Å²) >= 11 is 0. The van der Waals surface area contributed by atoms with Crippen LogP contribution in [0.4, 0.5) is 0 Å². The summed E-state index contributed by atoms with van der Waals surface area (Å²) in [6.07, 6.45) is -16.3. The maximum Gasteiger partial charge on any atom is 0.335 e. The minimum absolute atomic E-state index is 0.0745. The van der Waals surface area contributed by atoms with Gasteiger partial charge in [0.1, 0.15) is 67.1 Å². The molecule has 67 heavy (non-hydrogen) atoms. The average Bonchev–Trinajstić information content (AvgIpc) is 3.26. The number of aliphatic hydroxyl groups is 10. The predicted octanol–water partition coefficient (Wildman–Crippen LogP) is 0.233. The first kappa shape index (κ1) is 51.4. The Balaban J connectivity index is 1.01. The molecule has 5 aliphatic carbocycles. The smallest absolute Gasteiger partial charge is 0.335 e. The molecule has 7 fully saturated rings. The van der Waals surface area contributed by atoms with Gasteiger partial charge < -0.3 is 84.6 Å². The molecule has 4 saturated carbocycles. The van der Waals surface area contributed by atoms with E-state index in [4.69, 9.17) is 28.4 Å². The average molecular weight is 957 g/mol. The van der Waals surface area contributed by atoms with Crippen LogP contribution < -0.4 is 0 Å². The van der Waals surface area contributed by atoms with Gasteiger partial charge in [0.25, 0.3) is 0 Å². The second-order valence-corrected chi connectivity index (χ2v) is 23.5. The quantitative estimate of drug-likeness (QED) is 0.0838. The fourth-order valence-electron chi connectivity index (χ4n) is 15.0. The molecule has 19 heteroatoms. The van der Waals surface area contributed by atoms with Crippen molar-refractivity contribution in [1.82, 2.24) is 0 Å². The highest BCUT2D eigenvalue weighted by molar-refractivity contribution is 5.79. The zero-order valence-corrected chi connectivity index (χ0v) is 39.7. The van der Waals surface area contributed by atoms with Crippen LogP contribution in [0.3, 0.4) is 0 Å². The Kier molecular flexibility index (Phi) is 13.8. The van der Waals surface area contributed by atoms with E-state index in [1.807, 2.05) is 0 Å². The van der Waals surface area contributed by atoms with Gasteiger partial charge in [0.05, 0.1) is 24.7 Å². The Hall–Kier alpha value is -1.92. The number of rotatable bonds is 9. The molecule has 8 rings (SSSR count). The first-order valence-electron chi connectivity index (χ1n) is 24.3. The summed E-state index contributed by atoms with van der Waals surface area (Å²) in [7, 11) is 0. The van der Waals surface area contributed by atoms with E-state index in [1.165, 1.54) is 5.57 Å². The van der Waals surface area contributed by atoms with Crippen molar-refractivity contribution >= 4 is 11.9 Å². The van der Waals surface area contributed by atoms with Crippen LogP contribution in [-0.2, 0) is 38.0 Å². The number of carboxylic acid groups (broad SMARTS) is 1. The van der Waals surface area contributed by atoms with Gasteiger partial charge in [-0.1, -0.05) is 60.1 Å². The van der Waals surface area contributed by atoms with Gasteiger partial charge in [-0.25, -0.2) is 4.79 Å². The number of fused-ring (bicyclic) bond motifs is 7. The summed E-state index contributed by atoms with van der Waals surface area (Å²) in [6, 6.07) is 0. The Bertz CT molecular complexity index is 1870. The van der Waals surface area contributed by atoms with Crippen molar-refractivity contribution in [1.29, 1.82) is 0 Å². The van der Waals surface area contributed by atoms with E-state index >= 15 is 0 Å². The van der Waals surface area contributed by atoms with E-state index in [1.54, 1.807) is 0 Å². The van der Waals surface area contributed by atoms with Crippen molar-refractivity contribution in [2.45, 2.75) is 211 Å². The Morgan fingerprint density at radius 2 is 1.21 bits per heavy atom. The molecule has 3 saturated heterocycles. The zero-order valence-electron chi connectivity index (χ0n) is 39.7. The maximum absolute atomic E-state index is 14.7. The van der Waals surface area contributed by atoms with Crippen molar-refractivity contribution in [3.05, 3.63) is 11.6 Å². The van der Waals surface area contributed by atoms with E-state index in [0.29, 0.717) is 25.7 Å². The number of esters is 1. The molecule has 382 valence electrons. The summed E-state index contributed by atoms with van der Waals surface area (Å²) in [5, 5.41) is 115. The van der Waals surface area contributed by atoms with E-state index < -0.39 is 134 Å². The fraction of sp³-hybridized carbons (Fsp3) is 0.917. The van der Waals surface area contributed by atoms with E-state index in [0.717, 1.165) is 38.5 Å². The molecule has 19 nitrogen and oxygen atoms in total. The van der Waals surface area contributed by atoms with Gasteiger partial charge >= 0.3 is 11.9 Å². The third kappa shape index (κ3) is 8.06. The highest BCUT2D eigenvalue weighted by Crippen LogP contribution is 2.76. The number of aliphatic carboxylic acids is 1. The molecule has 0 aromatic rings. The second-order valence-electron chi connectivity index (χ2n) is 23.5. The monoisotopic (exact) mass is 956 g/mol. The molecule has 0 bridgehead atoms. The Morgan fingerprint density at radius 3 is 1.82 bits per heavy atom. The van der Waals surface area contributed by atoms with Gasteiger partial charge in [0.2, 0.25) is 6.29 Å². The lowest BCUT2D eigenvalue weighted by Crippen LogP contribution is -2.67. The Labute approximate surface area is 391 Å². The van der Waals surface area contributed by atoms with Gasteiger partial charge in [-0.3, -0.25) is 4.79 Å². The van der Waals surface area contributed by atoms with E-state index in [-0.39, 0.29) is 39.4 Å². The third-order valence-electron chi connectivity index (χ3n) is 19.3. The Morgan fingerprint density at radius 1 is 0.642 bits per heavy atom. The lowest BCUT2D eigenvalue weighted by molar-refractivity contribution is -0.363. The van der Waals surface area contributed by atoms with Crippen LogP contribution in [0, 0.1) is 50.2 Å². The predicted molar refractivity (Wildman–Crippen MR) is 231 cm³/mol. The van der Waals surface area contributed by atoms with Gasteiger partial charge in [0.15, 0.2) is 18.7 Å². The highest BCUT2D eigenvalue weighted by Gasteiger charge is 2.70. The molecule has 3 heterocycles. The lowest BCUT2D eigenvalue weighted by atomic mass is 9.33. The topological polar surface area (TPSA) is 312 Å². The summed E-state index contributed by atoms with van der Waals surface area (Å²) < 4.78 is 35.0. The van der Waals surface area contributed by atoms with Crippen LogP contribution >= 0.6 is 0 Å². The molecule has 0 unspecified atom stereocenters. The van der Waals surface area contributed by atoms with Crippen LogP contribution in [0.1, 0.15) is 113 Å². The van der Waals surface area contributed by atoms with E-state index in [2.05, 4.69) is 54.5 Å². The van der Waals surface area contributed by atoms with Crippen LogP contribution in [-0.4, -0.2) is 180 Å². The standard InChI is InChI=1S/C48H76O19/c1-43(2)14-16-48(42(61)67-40-34(57)31(54)29(52)24(20-50)63-40)17-15-46(6)21(22(48)18-43)8-9-26-45(5)12-11-27(44(3,4)25(45)10-13-47(26,46)7)64-41-35(58)32(55)36(37(66-41)38(59)60)65-39-33(56)30(53)28(51)23(19-49)62-39/h8,22-37,39-41,49-58H,9-20H2,1-7H3,(H,59,60)/t22-,23-,24-,25+,26-,27+,28-,29-,30+,31+,32-,33-,34-,35-,36+,37+,39+,40+,41-,45+,46-,47-,48+/m1/s1. The van der Waals surface area contributed by atoms with Crippen molar-refractivity contribution < 1.29 is 94.2 Å². The minimum Gasteiger partial charge on any atom is -0.479 e. The maximum atomic E-state index is 14.7. The largest absolute Gasteiger partial charge is 0.479 e. The zero-order chi connectivity index (χ0) is 49.1. The molecule has 0 aromatic carbocycles. The van der Waals surface area contributed by atoms with Crippen molar-refractivity contribution in [2.75, 3.05) is 13.2 Å². The molecule has 23 atom stereocenters. The number of carbonyl (C=O) groups excluding carboxylic acids is 1. The fourth-order valence-corrected chi connectivity index (χ4v) is 15.0. The van der Waals surface area contributed by atoms with Crippen molar-refractivity contribution in [3.63, 3.8) is 0 Å². The summed E-state index contributed by atoms with van der Waals surface area (Å²) in [6.45, 7) is 14.4. The summed E-state index contributed by atoms with van der Waals surface area (Å²) in [4.78, 5) is 27.3. The molecule has 0 spiro atoms. The molecular formula is C48H76O19. The molecule has 0 radical (unpaired) electrons. The van der Waals surface area contributed by atoms with Crippen LogP contribution in [0.15, 0.2) is 11.6 Å². The number of aliphatic hydroxyl groups excluding tert-OH is 10. The number of carboxylic acids is 1. The van der Waals surface area contributed by atoms with Gasteiger partial charge in [-0.15, -0.1) is 0 Å². The number of carbonyl (C=O) groups is 2. The number of hydrogen-bond acceptors (Lipinski definition) is 18. The summed E-state index contributed by atoms with van der Waals surface area (Å²) in [5.74, 6) is -1.88. The second kappa shape index (κ2) is 18.0. The first-order chi connectivity index (χ1) is 31.2. The first-order valence-corrected chi connectivity index (χ1v) is 24.3. The van der Waals surface area contributed by atoms with Crippen LogP contribution in [0.2, 0.25) is 0 Å². The molecule has 0 amide bonds. The molecule has 3 aliphatic heterocycles. The van der Waals surface area contributed by atoms with Crippen LogP contribution in [0.5, 0.6) is 0 Å². The van der Waals surface area contributed by atoms with Crippen molar-refractivity contribution in [3.8, 4) is 0 Å². The molecule has 0 aromatic heterocycles. The minimum atomic E-state index is -1.91. The SMILES string of the molecule is CC1(C)CC[C@]2(C(=O)O[C@@H]3O[C@H](CO)[C@@H](O)[C@H](O)[C@H]3O)CC[C@]3(C)C(=CC[C@@H]4[C@@]5(C)CC[C@H](O[C@@H]6O[C@H](C(=O)O)[C@@H](O[C@@H]7O[C@H](CO)[C@@H](O)[C@H](O)[C@H]7O)[C@H](O)[C@H]6O)C(C)(C)[C@@H]5CC[C@]43C)[C@H]2C1. The van der Waals surface area contributed by atoms with Gasteiger partial charge in [0, 0.05) is 0 Å². The molecule has 11 N–H and O–H groups in total. The molecule has 8 aliphatic rings. The van der Waals surface area contributed by atoms with Crippen molar-refractivity contribution in [2.24, 2.45) is 50.2 Å². The van der Waals surface area contributed by atoms with Gasteiger partial charge in [-0.05, 0) is 109 Å². The number of hydrogen-bond donors (Lipinski definition) is 11. The highest BCUT2D eigenvalue weighted by atomic mass is 16.7.